The molecule has 2 amide bonds. The molecule has 1 aliphatic heterocycles. The first-order valence-electron chi connectivity index (χ1n) is 12.6. The Morgan fingerprint density at radius 3 is 2.51 bits per heavy atom. The van der Waals surface area contributed by atoms with Gasteiger partial charge in [-0.2, -0.15) is 0 Å². The number of benzene rings is 2. The summed E-state index contributed by atoms with van der Waals surface area (Å²) in [5.41, 5.74) is 3.01. The molecule has 0 saturated carbocycles. The van der Waals surface area contributed by atoms with Crippen molar-refractivity contribution in [1.82, 2.24) is 25.2 Å². The molecular formula is C28H31N7O2. The van der Waals surface area contributed by atoms with Gasteiger partial charge in [-0.05, 0) is 31.0 Å². The first kappa shape index (κ1) is 24.3. The van der Waals surface area contributed by atoms with E-state index in [4.69, 9.17) is 9.97 Å². The highest BCUT2D eigenvalue weighted by Gasteiger charge is 2.30. The van der Waals surface area contributed by atoms with Crippen molar-refractivity contribution in [3.8, 4) is 11.4 Å². The molecule has 0 bridgehead atoms. The number of anilines is 2. The van der Waals surface area contributed by atoms with Gasteiger partial charge in [0.05, 0.1) is 5.39 Å². The molecular weight excluding hydrogens is 466 g/mol. The Balaban J connectivity index is 1.39. The topological polar surface area (TPSA) is 115 Å². The molecule has 9 heteroatoms. The van der Waals surface area contributed by atoms with Crippen molar-refractivity contribution in [2.75, 3.05) is 36.8 Å². The fraction of sp³-hybridized carbons (Fsp3) is 0.286. The monoisotopic (exact) mass is 497 g/mol. The van der Waals surface area contributed by atoms with Gasteiger partial charge < -0.3 is 25.8 Å². The normalized spacial score (nSPS) is 15.1. The fourth-order valence-electron chi connectivity index (χ4n) is 4.66. The maximum Gasteiger partial charge on any atom is 0.270 e. The van der Waals surface area contributed by atoms with Crippen molar-refractivity contribution in [2.45, 2.75) is 25.8 Å². The van der Waals surface area contributed by atoms with E-state index in [1.54, 1.807) is 0 Å². The number of rotatable bonds is 9. The lowest BCUT2D eigenvalue weighted by Crippen LogP contribution is -2.39. The number of likely N-dealkylation sites (tertiary alicyclic amines) is 1. The predicted molar refractivity (Wildman–Crippen MR) is 145 cm³/mol. The first-order chi connectivity index (χ1) is 18.1. The lowest BCUT2D eigenvalue weighted by molar-refractivity contribution is -0.118. The van der Waals surface area contributed by atoms with Gasteiger partial charge in [0, 0.05) is 50.4 Å². The minimum Gasteiger partial charge on any atom is -0.383 e. The zero-order valence-corrected chi connectivity index (χ0v) is 20.8. The molecule has 0 spiro atoms. The van der Waals surface area contributed by atoms with Crippen LogP contribution >= 0.6 is 0 Å². The summed E-state index contributed by atoms with van der Waals surface area (Å²) in [5.74, 6) is 1.05. The molecule has 2 aromatic heterocycles. The zero-order chi connectivity index (χ0) is 25.6. The van der Waals surface area contributed by atoms with Gasteiger partial charge >= 0.3 is 0 Å². The van der Waals surface area contributed by atoms with Crippen molar-refractivity contribution in [2.24, 2.45) is 0 Å². The number of H-pyrrole nitrogens is 1. The molecule has 1 saturated heterocycles. The lowest BCUT2D eigenvalue weighted by Gasteiger charge is -2.25. The number of para-hydroxylation sites is 1. The summed E-state index contributed by atoms with van der Waals surface area (Å²) in [6.45, 7) is 3.86. The molecule has 2 aromatic carbocycles. The standard InChI is InChI=1S/C28H31N7O2/c1-19(36)29-14-15-30-26-23-17-24(32-27(23)34-25(33-26)20-9-4-2-5-10-20)28(37)35-16-8-13-22(35)18-31-21-11-6-3-7-12-21/h2-7,9-12,17,22,31H,8,13-16,18H2,1H3,(H,29,36)(H2,30,32,33,34)/t22-/m0/s1. The minimum absolute atomic E-state index is 0.0409. The molecule has 0 aliphatic carbocycles. The molecule has 37 heavy (non-hydrogen) atoms. The number of aromatic amines is 1. The van der Waals surface area contributed by atoms with E-state index in [9.17, 15) is 9.59 Å². The summed E-state index contributed by atoms with van der Waals surface area (Å²) in [7, 11) is 0. The van der Waals surface area contributed by atoms with Gasteiger partial charge in [0.1, 0.15) is 17.2 Å². The number of fused-ring (bicyclic) bond motifs is 1. The van der Waals surface area contributed by atoms with Crippen LogP contribution in [0.25, 0.3) is 22.4 Å². The van der Waals surface area contributed by atoms with Crippen molar-refractivity contribution < 1.29 is 9.59 Å². The summed E-state index contributed by atoms with van der Waals surface area (Å²) in [6, 6.07) is 21.7. The third-order valence-corrected chi connectivity index (χ3v) is 6.49. The van der Waals surface area contributed by atoms with Crippen LogP contribution in [0.5, 0.6) is 0 Å². The van der Waals surface area contributed by atoms with Crippen LogP contribution in [0.1, 0.15) is 30.3 Å². The molecule has 0 radical (unpaired) electrons. The van der Waals surface area contributed by atoms with Crippen LogP contribution in [0.2, 0.25) is 0 Å². The molecule has 3 heterocycles. The van der Waals surface area contributed by atoms with E-state index in [0.29, 0.717) is 42.6 Å². The Labute approximate surface area is 215 Å². The molecule has 4 aromatic rings. The van der Waals surface area contributed by atoms with Crippen LogP contribution < -0.4 is 16.0 Å². The van der Waals surface area contributed by atoms with Crippen LogP contribution in [0, 0.1) is 0 Å². The summed E-state index contributed by atoms with van der Waals surface area (Å²) in [4.78, 5) is 39.5. The Kier molecular flexibility index (Phi) is 7.30. The van der Waals surface area contributed by atoms with Gasteiger partial charge in [0.15, 0.2) is 5.82 Å². The maximum absolute atomic E-state index is 13.6. The molecule has 9 nitrogen and oxygen atoms in total. The van der Waals surface area contributed by atoms with E-state index in [-0.39, 0.29) is 17.9 Å². The van der Waals surface area contributed by atoms with E-state index in [0.717, 1.165) is 36.0 Å². The molecule has 190 valence electrons. The summed E-state index contributed by atoms with van der Waals surface area (Å²) >= 11 is 0. The minimum atomic E-state index is -0.0870. The van der Waals surface area contributed by atoms with Crippen LogP contribution in [0.3, 0.4) is 0 Å². The third-order valence-electron chi connectivity index (χ3n) is 6.49. The second kappa shape index (κ2) is 11.1. The zero-order valence-electron chi connectivity index (χ0n) is 20.8. The van der Waals surface area contributed by atoms with E-state index in [2.05, 4.69) is 20.9 Å². The molecule has 1 atom stereocenters. The fourth-order valence-corrected chi connectivity index (χ4v) is 4.66. The average Bonchev–Trinajstić information content (AvgIpc) is 3.58. The van der Waals surface area contributed by atoms with Gasteiger partial charge in [-0.15, -0.1) is 0 Å². The highest BCUT2D eigenvalue weighted by atomic mass is 16.2. The van der Waals surface area contributed by atoms with Gasteiger partial charge in [-0.25, -0.2) is 9.97 Å². The highest BCUT2D eigenvalue weighted by molar-refractivity contribution is 6.00. The Morgan fingerprint density at radius 1 is 1.00 bits per heavy atom. The van der Waals surface area contributed by atoms with E-state index < -0.39 is 0 Å². The number of hydrogen-bond donors (Lipinski definition) is 4. The smallest absolute Gasteiger partial charge is 0.270 e. The van der Waals surface area contributed by atoms with Crippen molar-refractivity contribution in [1.29, 1.82) is 0 Å². The second-order valence-corrected chi connectivity index (χ2v) is 9.16. The first-order valence-corrected chi connectivity index (χ1v) is 12.6. The maximum atomic E-state index is 13.6. The molecule has 0 unspecified atom stereocenters. The Hall–Kier alpha value is -4.40. The Morgan fingerprint density at radius 2 is 1.76 bits per heavy atom. The number of aromatic nitrogens is 3. The average molecular weight is 498 g/mol. The van der Waals surface area contributed by atoms with Gasteiger partial charge in [0.25, 0.3) is 5.91 Å². The van der Waals surface area contributed by atoms with E-state index >= 15 is 0 Å². The predicted octanol–water partition coefficient (Wildman–Crippen LogP) is 3.89. The van der Waals surface area contributed by atoms with E-state index in [1.165, 1.54) is 6.92 Å². The summed E-state index contributed by atoms with van der Waals surface area (Å²) in [6.07, 6.45) is 1.93. The number of hydrogen-bond acceptors (Lipinski definition) is 6. The second-order valence-electron chi connectivity index (χ2n) is 9.16. The van der Waals surface area contributed by atoms with Gasteiger partial charge in [0.2, 0.25) is 5.91 Å². The van der Waals surface area contributed by atoms with Gasteiger partial charge in [-0.1, -0.05) is 48.5 Å². The van der Waals surface area contributed by atoms with Crippen LogP contribution in [0.15, 0.2) is 66.7 Å². The number of amides is 2. The largest absolute Gasteiger partial charge is 0.383 e. The Bertz CT molecular complexity index is 1370. The SMILES string of the molecule is CC(=O)NCCNc1nc(-c2ccccc2)nc2[nH]c(C(=O)N3CCC[C@H]3CNc3ccccc3)cc12. The highest BCUT2D eigenvalue weighted by Crippen LogP contribution is 2.28. The van der Waals surface area contributed by atoms with Crippen molar-refractivity contribution in [3.05, 3.63) is 72.4 Å². The quantitative estimate of drug-likeness (QED) is 0.261. The van der Waals surface area contributed by atoms with Crippen LogP contribution in [-0.2, 0) is 4.79 Å². The summed E-state index contributed by atoms with van der Waals surface area (Å²) < 4.78 is 0. The van der Waals surface area contributed by atoms with Crippen LogP contribution in [0.4, 0.5) is 11.5 Å². The number of nitrogens with zero attached hydrogens (tertiary/aromatic N) is 3. The van der Waals surface area contributed by atoms with E-state index in [1.807, 2.05) is 71.6 Å². The molecule has 4 N–H and O–H groups in total. The van der Waals surface area contributed by atoms with Crippen molar-refractivity contribution >= 4 is 34.4 Å². The lowest BCUT2D eigenvalue weighted by atomic mass is 10.2. The molecule has 5 rings (SSSR count). The van der Waals surface area contributed by atoms with Crippen molar-refractivity contribution in [3.63, 3.8) is 0 Å². The molecule has 1 aliphatic rings. The van der Waals surface area contributed by atoms with Crippen LogP contribution in [-0.4, -0.2) is 63.9 Å². The molecule has 1 fully saturated rings. The third kappa shape index (κ3) is 5.72. The number of carbonyl (C=O) groups excluding carboxylic acids is 2. The number of nitrogens with one attached hydrogen (secondary N) is 4. The van der Waals surface area contributed by atoms with Gasteiger partial charge in [-0.3, -0.25) is 9.59 Å². The summed E-state index contributed by atoms with van der Waals surface area (Å²) in [5, 5.41) is 10.3. The number of carbonyl (C=O) groups is 2.